The van der Waals surface area contributed by atoms with Gasteiger partial charge in [0.15, 0.2) is 5.65 Å². The summed E-state index contributed by atoms with van der Waals surface area (Å²) in [7, 11) is 1.87. The van der Waals surface area contributed by atoms with Crippen molar-refractivity contribution < 1.29 is 4.79 Å². The Hall–Kier alpha value is -3.30. The van der Waals surface area contributed by atoms with Crippen LogP contribution in [-0.4, -0.2) is 49.7 Å². The molecule has 148 valence electrons. The number of nitrogens with zero attached hydrogens (tertiary/aromatic N) is 5. The monoisotopic (exact) mass is 390 g/mol. The normalized spacial score (nSPS) is 17.1. The third kappa shape index (κ3) is 3.24. The Morgan fingerprint density at radius 2 is 2.17 bits per heavy atom. The van der Waals surface area contributed by atoms with Crippen LogP contribution in [0.2, 0.25) is 0 Å². The van der Waals surface area contributed by atoms with Crippen LogP contribution in [-0.2, 0) is 7.05 Å². The number of carbonyl (C=O) groups excluding carboxylic acids is 1. The quantitative estimate of drug-likeness (QED) is 0.489. The standard InChI is InChI=1S/C20H22N8O/c1-12-14-4-3-13(7-17(14)27(2)26-12)20(29)25-18-11-28-10-16(24-19(28)9-23-18)15-8-21-5-6-22-15/h3-4,7,9-11,15,21-22H,5-6,8H2,1-2H3,(H,25,29). The smallest absolute Gasteiger partial charge is 0.256 e. The van der Waals surface area contributed by atoms with E-state index < -0.39 is 0 Å². The van der Waals surface area contributed by atoms with Gasteiger partial charge in [-0.3, -0.25) is 9.48 Å². The Morgan fingerprint density at radius 1 is 1.28 bits per heavy atom. The van der Waals surface area contributed by atoms with Crippen molar-refractivity contribution >= 4 is 28.3 Å². The molecule has 9 heteroatoms. The average Bonchev–Trinajstić information content (AvgIpc) is 3.29. The molecule has 0 aliphatic carbocycles. The molecule has 4 heterocycles. The Morgan fingerprint density at radius 3 is 3.00 bits per heavy atom. The second kappa shape index (κ2) is 6.94. The molecule has 1 atom stereocenters. The lowest BCUT2D eigenvalue weighted by atomic mass is 10.1. The molecule has 4 aromatic rings. The Kier molecular flexibility index (Phi) is 4.26. The third-order valence-electron chi connectivity index (χ3n) is 5.30. The minimum absolute atomic E-state index is 0.177. The lowest BCUT2D eigenvalue weighted by Gasteiger charge is -2.22. The van der Waals surface area contributed by atoms with E-state index in [1.54, 1.807) is 17.1 Å². The van der Waals surface area contributed by atoms with Gasteiger partial charge in [-0.2, -0.15) is 5.10 Å². The summed E-state index contributed by atoms with van der Waals surface area (Å²) < 4.78 is 3.68. The number of hydrogen-bond acceptors (Lipinski definition) is 6. The molecule has 9 nitrogen and oxygen atoms in total. The van der Waals surface area contributed by atoms with E-state index in [0.717, 1.165) is 47.6 Å². The average molecular weight is 390 g/mol. The van der Waals surface area contributed by atoms with E-state index in [9.17, 15) is 4.79 Å². The van der Waals surface area contributed by atoms with E-state index in [0.29, 0.717) is 11.4 Å². The summed E-state index contributed by atoms with van der Waals surface area (Å²) in [5.74, 6) is 0.263. The van der Waals surface area contributed by atoms with Crippen molar-refractivity contribution in [2.24, 2.45) is 7.05 Å². The predicted molar refractivity (Wildman–Crippen MR) is 110 cm³/mol. The first-order valence-corrected chi connectivity index (χ1v) is 9.62. The molecule has 29 heavy (non-hydrogen) atoms. The minimum atomic E-state index is -0.212. The fraction of sp³-hybridized carbons (Fsp3) is 0.300. The minimum Gasteiger partial charge on any atom is -0.314 e. The summed E-state index contributed by atoms with van der Waals surface area (Å²) >= 11 is 0. The summed E-state index contributed by atoms with van der Waals surface area (Å²) in [6, 6.07) is 5.76. The van der Waals surface area contributed by atoms with E-state index in [1.165, 1.54) is 0 Å². The van der Waals surface area contributed by atoms with Crippen LogP contribution in [0.3, 0.4) is 0 Å². The molecule has 0 spiro atoms. The Balaban J connectivity index is 1.39. The van der Waals surface area contributed by atoms with E-state index in [1.807, 2.05) is 42.8 Å². The molecule has 5 rings (SSSR count). The van der Waals surface area contributed by atoms with Crippen LogP contribution in [0.4, 0.5) is 5.82 Å². The van der Waals surface area contributed by atoms with Crippen LogP contribution in [0.5, 0.6) is 0 Å². The van der Waals surface area contributed by atoms with Crippen molar-refractivity contribution in [3.63, 3.8) is 0 Å². The Labute approximate surface area is 167 Å². The summed E-state index contributed by atoms with van der Waals surface area (Å²) in [4.78, 5) is 21.7. The van der Waals surface area contributed by atoms with Gasteiger partial charge in [0, 0.05) is 43.8 Å². The second-order valence-corrected chi connectivity index (χ2v) is 7.31. The SMILES string of the molecule is Cc1nn(C)c2cc(C(=O)Nc3cn4cc(C5CNCCN5)nc4cn3)ccc12. The summed E-state index contributed by atoms with van der Waals surface area (Å²) in [6.45, 7) is 4.68. The van der Waals surface area contributed by atoms with Crippen LogP contribution in [0.1, 0.15) is 27.8 Å². The molecule has 0 saturated carbocycles. The summed E-state index contributed by atoms with van der Waals surface area (Å²) in [6.07, 6.45) is 5.43. The second-order valence-electron chi connectivity index (χ2n) is 7.31. The van der Waals surface area contributed by atoms with E-state index >= 15 is 0 Å². The fourth-order valence-electron chi connectivity index (χ4n) is 3.78. The Bertz CT molecular complexity index is 1220. The molecule has 3 aromatic heterocycles. The molecule has 0 radical (unpaired) electrons. The van der Waals surface area contributed by atoms with Gasteiger partial charge in [-0.05, 0) is 19.1 Å². The number of rotatable bonds is 3. The first kappa shape index (κ1) is 17.8. The topological polar surface area (TPSA) is 101 Å². The molecule has 1 saturated heterocycles. The molecule has 1 fully saturated rings. The lowest BCUT2D eigenvalue weighted by Crippen LogP contribution is -2.42. The number of piperazine rings is 1. The van der Waals surface area contributed by atoms with Crippen molar-refractivity contribution in [2.45, 2.75) is 13.0 Å². The summed E-state index contributed by atoms with van der Waals surface area (Å²) in [5.41, 5.74) is 4.13. The molecular formula is C20H22N8O. The van der Waals surface area contributed by atoms with E-state index in [-0.39, 0.29) is 11.9 Å². The largest absolute Gasteiger partial charge is 0.314 e. The number of aromatic nitrogens is 5. The number of nitrogens with one attached hydrogen (secondary N) is 3. The number of benzene rings is 1. The number of anilines is 1. The van der Waals surface area contributed by atoms with Gasteiger partial charge in [-0.1, -0.05) is 6.07 Å². The number of carbonyl (C=O) groups is 1. The highest BCUT2D eigenvalue weighted by Gasteiger charge is 2.18. The highest BCUT2D eigenvalue weighted by atomic mass is 16.1. The molecule has 1 aliphatic heterocycles. The fourth-order valence-corrected chi connectivity index (χ4v) is 3.78. The van der Waals surface area contributed by atoms with Crippen LogP contribution >= 0.6 is 0 Å². The van der Waals surface area contributed by atoms with Gasteiger partial charge in [0.25, 0.3) is 5.91 Å². The molecule has 1 unspecified atom stereocenters. The van der Waals surface area contributed by atoms with Gasteiger partial charge >= 0.3 is 0 Å². The molecule has 0 bridgehead atoms. The van der Waals surface area contributed by atoms with Gasteiger partial charge in [0.05, 0.1) is 35.3 Å². The molecule has 1 amide bonds. The maximum absolute atomic E-state index is 12.7. The molecular weight excluding hydrogens is 368 g/mol. The van der Waals surface area contributed by atoms with Crippen molar-refractivity contribution in [3.05, 3.63) is 53.7 Å². The summed E-state index contributed by atoms with van der Waals surface area (Å²) in [5, 5.41) is 15.1. The van der Waals surface area contributed by atoms with Crippen LogP contribution in [0.25, 0.3) is 16.6 Å². The maximum atomic E-state index is 12.7. The van der Waals surface area contributed by atoms with Crippen molar-refractivity contribution in [1.82, 2.24) is 34.8 Å². The highest BCUT2D eigenvalue weighted by Crippen LogP contribution is 2.20. The van der Waals surface area contributed by atoms with E-state index in [2.05, 4.69) is 31.0 Å². The van der Waals surface area contributed by atoms with Gasteiger partial charge < -0.3 is 20.4 Å². The third-order valence-corrected chi connectivity index (χ3v) is 5.30. The molecule has 1 aromatic carbocycles. The van der Waals surface area contributed by atoms with Crippen molar-refractivity contribution in [3.8, 4) is 0 Å². The maximum Gasteiger partial charge on any atom is 0.256 e. The number of imidazole rings is 1. The van der Waals surface area contributed by atoms with Gasteiger partial charge in [0.1, 0.15) is 5.82 Å². The van der Waals surface area contributed by atoms with Crippen molar-refractivity contribution in [2.75, 3.05) is 25.0 Å². The zero-order valence-corrected chi connectivity index (χ0v) is 16.3. The van der Waals surface area contributed by atoms with E-state index in [4.69, 9.17) is 0 Å². The van der Waals surface area contributed by atoms with Gasteiger partial charge in [-0.15, -0.1) is 0 Å². The first-order chi connectivity index (χ1) is 14.1. The first-order valence-electron chi connectivity index (χ1n) is 9.62. The lowest BCUT2D eigenvalue weighted by molar-refractivity contribution is 0.102. The van der Waals surface area contributed by atoms with Gasteiger partial charge in [0.2, 0.25) is 0 Å². The van der Waals surface area contributed by atoms with Gasteiger partial charge in [-0.25, -0.2) is 9.97 Å². The van der Waals surface area contributed by atoms with Crippen LogP contribution in [0, 0.1) is 6.92 Å². The zero-order valence-electron chi connectivity index (χ0n) is 16.3. The number of aryl methyl sites for hydroxylation is 2. The number of amides is 1. The number of hydrogen-bond donors (Lipinski definition) is 3. The zero-order chi connectivity index (χ0) is 20.0. The highest BCUT2D eigenvalue weighted by molar-refractivity contribution is 6.05. The molecule has 3 N–H and O–H groups in total. The van der Waals surface area contributed by atoms with Crippen LogP contribution < -0.4 is 16.0 Å². The predicted octanol–water partition coefficient (Wildman–Crippen LogP) is 1.41. The number of fused-ring (bicyclic) bond motifs is 2. The molecule has 1 aliphatic rings. The van der Waals surface area contributed by atoms with Crippen molar-refractivity contribution in [1.29, 1.82) is 0 Å². The van der Waals surface area contributed by atoms with Crippen LogP contribution in [0.15, 0.2) is 36.8 Å².